The highest BCUT2D eigenvalue weighted by Gasteiger charge is 2.34. The molecule has 4 nitrogen and oxygen atoms in total. The molecule has 0 aliphatic rings. The second-order valence-electron chi connectivity index (χ2n) is 3.88. The average Bonchev–Trinajstić information content (AvgIpc) is 2.70. The number of hydrogen-bond donors (Lipinski definition) is 1. The Kier molecular flexibility index (Phi) is 3.05. The second-order valence-corrected chi connectivity index (χ2v) is 3.88. The van der Waals surface area contributed by atoms with E-state index in [0.717, 1.165) is 16.9 Å². The summed E-state index contributed by atoms with van der Waals surface area (Å²) in [6, 6.07) is 4.88. The Morgan fingerprint density at radius 1 is 1.32 bits per heavy atom. The van der Waals surface area contributed by atoms with E-state index in [1.54, 1.807) is 0 Å². The molecule has 0 aliphatic heterocycles. The Labute approximate surface area is 106 Å². The lowest BCUT2D eigenvalue weighted by atomic mass is 10.1. The lowest BCUT2D eigenvalue weighted by Crippen LogP contribution is -2.12. The summed E-state index contributed by atoms with van der Waals surface area (Å²) in [6.07, 6.45) is -3.50. The van der Waals surface area contributed by atoms with E-state index in [4.69, 9.17) is 5.11 Å². The summed E-state index contributed by atoms with van der Waals surface area (Å²) < 4.78 is 39.6. The van der Waals surface area contributed by atoms with Crippen LogP contribution in [-0.4, -0.2) is 20.9 Å². The van der Waals surface area contributed by atoms with Crippen LogP contribution in [0.3, 0.4) is 0 Å². The van der Waals surface area contributed by atoms with Crippen LogP contribution in [-0.2, 0) is 6.18 Å². The molecule has 0 saturated carbocycles. The largest absolute Gasteiger partial charge is 0.478 e. The van der Waals surface area contributed by atoms with E-state index >= 15 is 0 Å². The maximum atomic E-state index is 12.9. The summed E-state index contributed by atoms with van der Waals surface area (Å²) in [5.74, 6) is -1.23. The van der Waals surface area contributed by atoms with E-state index in [2.05, 4.69) is 5.10 Å². The molecule has 1 aromatic carbocycles. The first kappa shape index (κ1) is 13.1. The van der Waals surface area contributed by atoms with Gasteiger partial charge in [0.25, 0.3) is 0 Å². The predicted octanol–water partition coefficient (Wildman–Crippen LogP) is 2.90. The van der Waals surface area contributed by atoms with Gasteiger partial charge in [0.15, 0.2) is 0 Å². The number of aromatic nitrogens is 2. The first-order valence-electron chi connectivity index (χ1n) is 5.27. The molecular formula is C12H9F3N2O2. The number of carbonyl (C=O) groups is 1. The van der Waals surface area contributed by atoms with Gasteiger partial charge in [-0.3, -0.25) is 0 Å². The third-order valence-corrected chi connectivity index (χ3v) is 2.68. The minimum atomic E-state index is -4.53. The maximum Gasteiger partial charge on any atom is 0.418 e. The van der Waals surface area contributed by atoms with E-state index in [9.17, 15) is 18.0 Å². The van der Waals surface area contributed by atoms with Gasteiger partial charge in [-0.15, -0.1) is 0 Å². The van der Waals surface area contributed by atoms with Gasteiger partial charge in [0.2, 0.25) is 0 Å². The molecule has 0 fully saturated rings. The number of nitrogens with zero attached hydrogens (tertiary/aromatic N) is 2. The summed E-state index contributed by atoms with van der Waals surface area (Å²) in [6.45, 7) is 1.41. The fourth-order valence-corrected chi connectivity index (χ4v) is 1.76. The van der Waals surface area contributed by atoms with Gasteiger partial charge in [0.05, 0.1) is 23.1 Å². The zero-order valence-electron chi connectivity index (χ0n) is 9.77. The molecule has 0 aliphatic carbocycles. The van der Waals surface area contributed by atoms with Crippen molar-refractivity contribution in [2.45, 2.75) is 13.1 Å². The fourth-order valence-electron chi connectivity index (χ4n) is 1.76. The van der Waals surface area contributed by atoms with Crippen LogP contribution < -0.4 is 0 Å². The molecule has 0 bridgehead atoms. The van der Waals surface area contributed by atoms with Crippen molar-refractivity contribution in [2.24, 2.45) is 0 Å². The number of hydrogen-bond acceptors (Lipinski definition) is 2. The molecule has 0 saturated heterocycles. The fraction of sp³-hybridized carbons (Fsp3) is 0.167. The van der Waals surface area contributed by atoms with Crippen molar-refractivity contribution >= 4 is 5.97 Å². The monoisotopic (exact) mass is 270 g/mol. The summed E-state index contributed by atoms with van der Waals surface area (Å²) >= 11 is 0. The van der Waals surface area contributed by atoms with Gasteiger partial charge in [-0.2, -0.15) is 18.3 Å². The lowest BCUT2D eigenvalue weighted by Gasteiger charge is -2.13. The van der Waals surface area contributed by atoms with Crippen molar-refractivity contribution in [3.63, 3.8) is 0 Å². The van der Waals surface area contributed by atoms with Gasteiger partial charge in [0, 0.05) is 0 Å². The predicted molar refractivity (Wildman–Crippen MR) is 60.3 cm³/mol. The van der Waals surface area contributed by atoms with Gasteiger partial charge >= 0.3 is 12.1 Å². The second kappa shape index (κ2) is 4.42. The standard InChI is InChI=1S/C12H9F3N2O2/c1-7-8(11(18)19)6-16-17(7)10-5-3-2-4-9(10)12(13,14)15/h2-6H,1H3,(H,18,19). The molecule has 19 heavy (non-hydrogen) atoms. The number of benzene rings is 1. The number of carboxylic acids is 1. The Hall–Kier alpha value is -2.31. The molecule has 7 heteroatoms. The molecule has 0 amide bonds. The zero-order chi connectivity index (χ0) is 14.2. The molecule has 1 heterocycles. The molecule has 1 aromatic heterocycles. The van der Waals surface area contributed by atoms with Gasteiger partial charge < -0.3 is 5.11 Å². The van der Waals surface area contributed by atoms with Crippen LogP contribution >= 0.6 is 0 Å². The molecule has 0 unspecified atom stereocenters. The van der Waals surface area contributed by atoms with Crippen LogP contribution in [0.25, 0.3) is 5.69 Å². The summed E-state index contributed by atoms with van der Waals surface area (Å²) in [4.78, 5) is 10.9. The average molecular weight is 270 g/mol. The highest BCUT2D eigenvalue weighted by atomic mass is 19.4. The maximum absolute atomic E-state index is 12.9. The molecule has 1 N–H and O–H groups in total. The highest BCUT2D eigenvalue weighted by molar-refractivity contribution is 5.88. The van der Waals surface area contributed by atoms with Crippen molar-refractivity contribution in [1.29, 1.82) is 0 Å². The SMILES string of the molecule is Cc1c(C(=O)O)cnn1-c1ccccc1C(F)(F)F. The minimum absolute atomic E-state index is 0.128. The number of halogens is 3. The molecule has 0 radical (unpaired) electrons. The van der Waals surface area contributed by atoms with Crippen molar-refractivity contribution in [2.75, 3.05) is 0 Å². The molecule has 0 atom stereocenters. The Bertz CT molecular complexity index is 632. The third kappa shape index (κ3) is 2.31. The van der Waals surface area contributed by atoms with Crippen LogP contribution in [0.5, 0.6) is 0 Å². The summed E-state index contributed by atoms with van der Waals surface area (Å²) in [5.41, 5.74) is -1.04. The van der Waals surface area contributed by atoms with Crippen LogP contribution in [0.15, 0.2) is 30.5 Å². The van der Waals surface area contributed by atoms with Crippen molar-refractivity contribution in [3.05, 3.63) is 47.3 Å². The van der Waals surface area contributed by atoms with Gasteiger partial charge in [-0.05, 0) is 19.1 Å². The Balaban J connectivity index is 2.64. The minimum Gasteiger partial charge on any atom is -0.478 e. The number of para-hydroxylation sites is 1. The van der Waals surface area contributed by atoms with Crippen LogP contribution in [0.4, 0.5) is 13.2 Å². The van der Waals surface area contributed by atoms with Gasteiger partial charge in [0.1, 0.15) is 5.56 Å². The third-order valence-electron chi connectivity index (χ3n) is 2.68. The number of rotatable bonds is 2. The smallest absolute Gasteiger partial charge is 0.418 e. The first-order chi connectivity index (χ1) is 8.82. The zero-order valence-corrected chi connectivity index (χ0v) is 9.77. The van der Waals surface area contributed by atoms with Crippen LogP contribution in [0, 0.1) is 6.92 Å². The van der Waals surface area contributed by atoms with Crippen LogP contribution in [0.2, 0.25) is 0 Å². The Morgan fingerprint density at radius 3 is 2.47 bits per heavy atom. The van der Waals surface area contributed by atoms with Gasteiger partial charge in [-0.1, -0.05) is 12.1 Å². The topological polar surface area (TPSA) is 55.1 Å². The van der Waals surface area contributed by atoms with E-state index in [-0.39, 0.29) is 16.9 Å². The van der Waals surface area contributed by atoms with Crippen molar-refractivity contribution < 1.29 is 23.1 Å². The first-order valence-corrected chi connectivity index (χ1v) is 5.27. The number of alkyl halides is 3. The normalized spacial score (nSPS) is 11.6. The van der Waals surface area contributed by atoms with E-state index in [1.165, 1.54) is 25.1 Å². The van der Waals surface area contributed by atoms with E-state index in [0.29, 0.717) is 0 Å². The molecule has 100 valence electrons. The van der Waals surface area contributed by atoms with E-state index in [1.807, 2.05) is 0 Å². The molecule has 0 spiro atoms. The Morgan fingerprint density at radius 2 is 1.95 bits per heavy atom. The van der Waals surface area contributed by atoms with Gasteiger partial charge in [-0.25, -0.2) is 9.48 Å². The number of aromatic carboxylic acids is 1. The highest BCUT2D eigenvalue weighted by Crippen LogP contribution is 2.34. The summed E-state index contributed by atoms with van der Waals surface area (Å²) in [7, 11) is 0. The van der Waals surface area contributed by atoms with E-state index < -0.39 is 17.7 Å². The van der Waals surface area contributed by atoms with Crippen molar-refractivity contribution in [3.8, 4) is 5.69 Å². The number of carboxylic acid groups (broad SMARTS) is 1. The lowest BCUT2D eigenvalue weighted by molar-refractivity contribution is -0.137. The molecular weight excluding hydrogens is 261 g/mol. The quantitative estimate of drug-likeness (QED) is 0.912. The van der Waals surface area contributed by atoms with Crippen LogP contribution in [0.1, 0.15) is 21.6 Å². The molecule has 2 rings (SSSR count). The van der Waals surface area contributed by atoms with Crippen molar-refractivity contribution in [1.82, 2.24) is 9.78 Å². The summed E-state index contributed by atoms with van der Waals surface area (Å²) in [5, 5.41) is 12.6. The molecule has 2 aromatic rings.